The molecule has 0 radical (unpaired) electrons. The van der Waals surface area contributed by atoms with Crippen molar-refractivity contribution < 1.29 is 9.47 Å². The van der Waals surface area contributed by atoms with E-state index in [-0.39, 0.29) is 6.79 Å². The van der Waals surface area contributed by atoms with Crippen LogP contribution in [0, 0.1) is 0 Å². The maximum absolute atomic E-state index is 5.46. The first-order valence-electron chi connectivity index (χ1n) is 8.58. The van der Waals surface area contributed by atoms with Crippen molar-refractivity contribution in [2.24, 2.45) is 0 Å². The van der Waals surface area contributed by atoms with E-state index < -0.39 is 0 Å². The quantitative estimate of drug-likeness (QED) is 0.471. The van der Waals surface area contributed by atoms with Crippen LogP contribution in [0.4, 0.5) is 0 Å². The predicted molar refractivity (Wildman–Crippen MR) is 103 cm³/mol. The van der Waals surface area contributed by atoms with Gasteiger partial charge >= 0.3 is 0 Å². The number of ether oxygens (including phenoxy) is 2. The van der Waals surface area contributed by atoms with Crippen LogP contribution >= 0.6 is 11.3 Å². The highest BCUT2D eigenvalue weighted by Gasteiger charge is 2.19. The third-order valence-electron chi connectivity index (χ3n) is 4.47. The summed E-state index contributed by atoms with van der Waals surface area (Å²) >= 11 is 1.47. The summed E-state index contributed by atoms with van der Waals surface area (Å²) < 4.78 is 14.4. The zero-order valence-electron chi connectivity index (χ0n) is 14.4. The zero-order chi connectivity index (χ0) is 18.5. The average Bonchev–Trinajstić information content (AvgIpc) is 3.50. The minimum atomic E-state index is 0.236. The van der Waals surface area contributed by atoms with Crippen molar-refractivity contribution in [3.05, 3.63) is 60.9 Å². The number of aromatic nitrogens is 6. The predicted octanol–water partition coefficient (Wildman–Crippen LogP) is 3.43. The summed E-state index contributed by atoms with van der Waals surface area (Å²) in [5.74, 6) is 2.09. The molecule has 9 heteroatoms. The number of hydrogen-bond acceptors (Lipinski definition) is 7. The number of para-hydroxylation sites is 1. The lowest BCUT2D eigenvalue weighted by Crippen LogP contribution is -1.93. The first kappa shape index (κ1) is 15.3. The highest BCUT2D eigenvalue weighted by molar-refractivity contribution is 7.19. The average molecular weight is 388 g/mol. The van der Waals surface area contributed by atoms with Crippen molar-refractivity contribution in [3.63, 3.8) is 0 Å². The highest BCUT2D eigenvalue weighted by Crippen LogP contribution is 2.36. The van der Waals surface area contributed by atoms with Gasteiger partial charge in [-0.15, -0.1) is 10.2 Å². The molecule has 0 spiro atoms. The summed E-state index contributed by atoms with van der Waals surface area (Å²) in [7, 11) is 0. The third-order valence-corrected chi connectivity index (χ3v) is 5.42. The molecule has 8 nitrogen and oxygen atoms in total. The van der Waals surface area contributed by atoms with Crippen LogP contribution in [0.15, 0.2) is 60.9 Å². The van der Waals surface area contributed by atoms with Gasteiger partial charge in [-0.2, -0.15) is 14.7 Å². The summed E-state index contributed by atoms with van der Waals surface area (Å²) in [6.45, 7) is 0.236. The molecule has 0 atom stereocenters. The van der Waals surface area contributed by atoms with Crippen molar-refractivity contribution in [1.29, 1.82) is 0 Å². The maximum atomic E-state index is 5.46. The second-order valence-electron chi connectivity index (χ2n) is 6.20. The normalized spacial score (nSPS) is 12.7. The first-order valence-corrected chi connectivity index (χ1v) is 9.39. The monoisotopic (exact) mass is 388 g/mol. The summed E-state index contributed by atoms with van der Waals surface area (Å²) in [5.41, 5.74) is 2.79. The molecular weight excluding hydrogens is 376 g/mol. The molecule has 4 heterocycles. The van der Waals surface area contributed by atoms with Gasteiger partial charge in [0.25, 0.3) is 0 Å². The Balaban J connectivity index is 1.40. The van der Waals surface area contributed by atoms with Crippen LogP contribution < -0.4 is 9.47 Å². The van der Waals surface area contributed by atoms with E-state index in [9.17, 15) is 0 Å². The Morgan fingerprint density at radius 1 is 0.929 bits per heavy atom. The second kappa shape index (κ2) is 5.89. The number of hydrogen-bond donors (Lipinski definition) is 0. The van der Waals surface area contributed by atoms with Crippen molar-refractivity contribution in [1.82, 2.24) is 29.6 Å². The number of rotatable bonds is 3. The van der Waals surface area contributed by atoms with Gasteiger partial charge in [0.15, 0.2) is 22.3 Å². The number of nitrogens with zero attached hydrogens (tertiary/aromatic N) is 6. The third kappa shape index (κ3) is 2.37. The molecule has 0 bridgehead atoms. The Bertz CT molecular complexity index is 1310. The molecule has 0 unspecified atom stereocenters. The van der Waals surface area contributed by atoms with E-state index in [1.165, 1.54) is 11.3 Å². The molecule has 136 valence electrons. The molecule has 0 fully saturated rings. The molecule has 0 saturated heterocycles. The van der Waals surface area contributed by atoms with Crippen molar-refractivity contribution in [2.45, 2.75) is 0 Å². The molecule has 0 N–H and O–H groups in total. The molecule has 5 aromatic rings. The first-order chi connectivity index (χ1) is 13.8. The molecule has 2 aromatic carbocycles. The Morgan fingerprint density at radius 2 is 1.82 bits per heavy atom. The Labute approximate surface area is 162 Å². The van der Waals surface area contributed by atoms with Gasteiger partial charge in [0.2, 0.25) is 11.8 Å². The highest BCUT2D eigenvalue weighted by atomic mass is 32.1. The standard InChI is InChI=1S/C19H12N6O2S/c1-2-4-14(5-3-1)24-10-13(9-20-24)18-23-25-17(21-22-19(25)28-18)12-6-7-15-16(8-12)27-11-26-15/h1-10H,11H2. The molecule has 0 aliphatic carbocycles. The molecule has 1 aliphatic rings. The topological polar surface area (TPSA) is 79.4 Å². The summed E-state index contributed by atoms with van der Waals surface area (Å²) in [6.07, 6.45) is 3.76. The van der Waals surface area contributed by atoms with Crippen molar-refractivity contribution in [3.8, 4) is 39.1 Å². The van der Waals surface area contributed by atoms with Crippen LogP contribution in [0.1, 0.15) is 0 Å². The lowest BCUT2D eigenvalue weighted by molar-refractivity contribution is 0.174. The van der Waals surface area contributed by atoms with Gasteiger partial charge < -0.3 is 9.47 Å². The molecule has 0 amide bonds. The van der Waals surface area contributed by atoms with E-state index in [0.717, 1.165) is 32.5 Å². The van der Waals surface area contributed by atoms with Crippen LogP contribution in [0.3, 0.4) is 0 Å². The second-order valence-corrected chi connectivity index (χ2v) is 7.16. The fourth-order valence-corrected chi connectivity index (χ4v) is 3.92. The van der Waals surface area contributed by atoms with Crippen LogP contribution in [0.5, 0.6) is 11.5 Å². The van der Waals surface area contributed by atoms with E-state index in [1.54, 1.807) is 10.7 Å². The molecule has 0 saturated carbocycles. The number of fused-ring (bicyclic) bond motifs is 2. The smallest absolute Gasteiger partial charge is 0.235 e. The largest absolute Gasteiger partial charge is 0.454 e. The molecular formula is C19H12N6O2S. The van der Waals surface area contributed by atoms with Crippen LogP contribution in [-0.4, -0.2) is 36.4 Å². The summed E-state index contributed by atoms with van der Waals surface area (Å²) in [4.78, 5) is 0.718. The minimum Gasteiger partial charge on any atom is -0.454 e. The van der Waals surface area contributed by atoms with Gasteiger partial charge in [0.1, 0.15) is 0 Å². The minimum absolute atomic E-state index is 0.236. The van der Waals surface area contributed by atoms with Gasteiger partial charge in [0.05, 0.1) is 17.4 Å². The van der Waals surface area contributed by atoms with Crippen molar-refractivity contribution >= 4 is 16.3 Å². The molecule has 3 aromatic heterocycles. The van der Waals surface area contributed by atoms with Crippen molar-refractivity contribution in [2.75, 3.05) is 6.79 Å². The van der Waals surface area contributed by atoms with Gasteiger partial charge in [-0.3, -0.25) is 0 Å². The van der Waals surface area contributed by atoms with Crippen LogP contribution in [-0.2, 0) is 0 Å². The van der Waals surface area contributed by atoms with Crippen LogP contribution in [0.2, 0.25) is 0 Å². The number of benzene rings is 2. The van der Waals surface area contributed by atoms with Crippen LogP contribution in [0.25, 0.3) is 32.6 Å². The van der Waals surface area contributed by atoms with Gasteiger partial charge in [0, 0.05) is 11.8 Å². The van der Waals surface area contributed by atoms with Gasteiger partial charge in [-0.05, 0) is 30.3 Å². The van der Waals surface area contributed by atoms with E-state index in [2.05, 4.69) is 15.3 Å². The fraction of sp³-hybridized carbons (Fsp3) is 0.0526. The fourth-order valence-electron chi connectivity index (χ4n) is 3.10. The zero-order valence-corrected chi connectivity index (χ0v) is 15.2. The summed E-state index contributed by atoms with van der Waals surface area (Å²) in [6, 6.07) is 15.7. The van der Waals surface area contributed by atoms with E-state index in [0.29, 0.717) is 11.6 Å². The maximum Gasteiger partial charge on any atom is 0.235 e. The van der Waals surface area contributed by atoms with Gasteiger partial charge in [-0.1, -0.05) is 29.5 Å². The lowest BCUT2D eigenvalue weighted by atomic mass is 10.2. The Hall–Kier alpha value is -3.72. The van der Waals surface area contributed by atoms with E-state index >= 15 is 0 Å². The Kier molecular flexibility index (Phi) is 3.23. The summed E-state index contributed by atoms with van der Waals surface area (Å²) in [5, 5.41) is 18.5. The SMILES string of the molecule is c1ccc(-n2cc(-c3nn4c(-c5ccc6c(c5)OCO6)nnc4s3)cn2)cc1. The van der Waals surface area contributed by atoms with E-state index in [1.807, 2.05) is 59.4 Å². The Morgan fingerprint density at radius 3 is 2.75 bits per heavy atom. The molecule has 28 heavy (non-hydrogen) atoms. The van der Waals surface area contributed by atoms with E-state index in [4.69, 9.17) is 14.6 Å². The molecule has 1 aliphatic heterocycles. The lowest BCUT2D eigenvalue weighted by Gasteiger charge is -1.99. The molecule has 6 rings (SSSR count). The van der Waals surface area contributed by atoms with Gasteiger partial charge in [-0.25, -0.2) is 4.68 Å².